The number of aromatic nitrogens is 4. The summed E-state index contributed by atoms with van der Waals surface area (Å²) in [6.07, 6.45) is 4.66. The zero-order valence-electron chi connectivity index (χ0n) is 8.62. The van der Waals surface area contributed by atoms with Crippen molar-refractivity contribution in [1.29, 1.82) is 0 Å². The number of hydrogen-bond acceptors (Lipinski definition) is 4. The van der Waals surface area contributed by atoms with E-state index < -0.39 is 5.60 Å². The molecule has 0 unspecified atom stereocenters. The van der Waals surface area contributed by atoms with E-state index in [4.69, 9.17) is 0 Å². The van der Waals surface area contributed by atoms with Gasteiger partial charge < -0.3 is 5.11 Å². The van der Waals surface area contributed by atoms with E-state index in [1.54, 1.807) is 37.1 Å². The topological polar surface area (TPSA) is 63.8 Å². The quantitative estimate of drug-likeness (QED) is 0.789. The molecule has 0 fully saturated rings. The van der Waals surface area contributed by atoms with Gasteiger partial charge in [-0.25, -0.2) is 14.6 Å². The molecule has 0 saturated heterocycles. The largest absolute Gasteiger partial charge is 0.386 e. The first kappa shape index (κ1) is 9.79. The van der Waals surface area contributed by atoms with Crippen molar-refractivity contribution < 1.29 is 5.11 Å². The predicted molar refractivity (Wildman–Crippen MR) is 54.4 cm³/mol. The van der Waals surface area contributed by atoms with Crippen molar-refractivity contribution in [2.75, 3.05) is 0 Å². The van der Waals surface area contributed by atoms with Gasteiger partial charge in [-0.2, -0.15) is 5.10 Å². The fourth-order valence-electron chi connectivity index (χ4n) is 1.21. The van der Waals surface area contributed by atoms with Crippen molar-refractivity contribution in [3.63, 3.8) is 0 Å². The summed E-state index contributed by atoms with van der Waals surface area (Å²) in [5.74, 6) is 0.681. The number of rotatable bonds is 2. The second kappa shape index (κ2) is 3.43. The molecular weight excluding hydrogens is 192 g/mol. The summed E-state index contributed by atoms with van der Waals surface area (Å²) in [4.78, 5) is 8.02. The maximum absolute atomic E-state index is 9.74. The first-order valence-corrected chi connectivity index (χ1v) is 4.61. The molecule has 2 rings (SSSR count). The first-order chi connectivity index (χ1) is 7.07. The third-order valence-corrected chi connectivity index (χ3v) is 2.11. The normalized spacial score (nSPS) is 11.7. The van der Waals surface area contributed by atoms with Crippen LogP contribution < -0.4 is 0 Å². The molecule has 2 heterocycles. The van der Waals surface area contributed by atoms with E-state index in [1.807, 2.05) is 6.07 Å². The molecule has 15 heavy (non-hydrogen) atoms. The molecule has 0 amide bonds. The Labute approximate surface area is 87.4 Å². The Kier molecular flexibility index (Phi) is 2.24. The van der Waals surface area contributed by atoms with E-state index >= 15 is 0 Å². The number of pyridine rings is 1. The molecule has 0 atom stereocenters. The molecule has 0 radical (unpaired) electrons. The Morgan fingerprint density at radius 3 is 2.60 bits per heavy atom. The van der Waals surface area contributed by atoms with Crippen LogP contribution in [0.5, 0.6) is 0 Å². The molecular formula is C10H12N4O. The lowest BCUT2D eigenvalue weighted by Gasteiger charge is -2.17. The minimum Gasteiger partial charge on any atom is -0.386 e. The lowest BCUT2D eigenvalue weighted by atomic mass is 10.0. The fraction of sp³-hybridized carbons (Fsp3) is 0.300. The van der Waals surface area contributed by atoms with Gasteiger partial charge in [-0.3, -0.25) is 0 Å². The highest BCUT2D eigenvalue weighted by atomic mass is 16.3. The summed E-state index contributed by atoms with van der Waals surface area (Å²) in [5.41, 5.74) is -0.0974. The molecule has 0 saturated carbocycles. The summed E-state index contributed by atoms with van der Waals surface area (Å²) < 4.78 is 1.56. The number of hydrogen-bond donors (Lipinski definition) is 1. The minimum absolute atomic E-state index is 0.681. The molecule has 0 spiro atoms. The van der Waals surface area contributed by atoms with Crippen LogP contribution in [-0.2, 0) is 5.60 Å². The molecule has 0 aliphatic carbocycles. The highest BCUT2D eigenvalue weighted by molar-refractivity contribution is 5.26. The van der Waals surface area contributed by atoms with E-state index in [1.165, 1.54) is 6.33 Å². The predicted octanol–water partition coefficient (Wildman–Crippen LogP) is 0.890. The van der Waals surface area contributed by atoms with E-state index in [0.29, 0.717) is 5.82 Å². The molecule has 2 aromatic heterocycles. The lowest BCUT2D eigenvalue weighted by Crippen LogP contribution is -2.16. The maximum atomic E-state index is 9.74. The Morgan fingerprint density at radius 2 is 2.13 bits per heavy atom. The van der Waals surface area contributed by atoms with Gasteiger partial charge in [0.25, 0.3) is 0 Å². The van der Waals surface area contributed by atoms with Gasteiger partial charge in [-0.05, 0) is 19.9 Å². The molecule has 5 heteroatoms. The van der Waals surface area contributed by atoms with Crippen LogP contribution in [0.15, 0.2) is 31.0 Å². The van der Waals surface area contributed by atoms with Gasteiger partial charge in [0, 0.05) is 11.8 Å². The van der Waals surface area contributed by atoms with Crippen molar-refractivity contribution in [3.8, 4) is 5.82 Å². The lowest BCUT2D eigenvalue weighted by molar-refractivity contribution is 0.0782. The van der Waals surface area contributed by atoms with Crippen LogP contribution in [0.25, 0.3) is 5.82 Å². The van der Waals surface area contributed by atoms with Crippen LogP contribution >= 0.6 is 0 Å². The fourth-order valence-corrected chi connectivity index (χ4v) is 1.21. The van der Waals surface area contributed by atoms with E-state index in [9.17, 15) is 5.11 Å². The van der Waals surface area contributed by atoms with Gasteiger partial charge in [0.15, 0.2) is 5.82 Å². The van der Waals surface area contributed by atoms with Gasteiger partial charge in [0.2, 0.25) is 0 Å². The Bertz CT molecular complexity index is 427. The van der Waals surface area contributed by atoms with Crippen LogP contribution in [0.3, 0.4) is 0 Å². The van der Waals surface area contributed by atoms with Crippen LogP contribution in [-0.4, -0.2) is 24.9 Å². The summed E-state index contributed by atoms with van der Waals surface area (Å²) in [6.45, 7) is 3.44. The zero-order chi connectivity index (χ0) is 10.9. The molecule has 0 bridgehead atoms. The number of aliphatic hydroxyl groups is 1. The third-order valence-electron chi connectivity index (χ3n) is 2.11. The van der Waals surface area contributed by atoms with Crippen molar-refractivity contribution in [2.45, 2.75) is 19.4 Å². The average molecular weight is 204 g/mol. The summed E-state index contributed by atoms with van der Waals surface area (Å²) in [5, 5.41) is 13.7. The van der Waals surface area contributed by atoms with Crippen molar-refractivity contribution in [2.24, 2.45) is 0 Å². The Hall–Kier alpha value is -1.75. The molecule has 0 aliphatic rings. The summed E-state index contributed by atoms with van der Waals surface area (Å²) in [6, 6.07) is 3.62. The van der Waals surface area contributed by atoms with Gasteiger partial charge in [-0.1, -0.05) is 6.07 Å². The molecule has 1 N–H and O–H groups in total. The van der Waals surface area contributed by atoms with Crippen molar-refractivity contribution in [3.05, 3.63) is 36.5 Å². The van der Waals surface area contributed by atoms with E-state index in [2.05, 4.69) is 15.1 Å². The molecule has 5 nitrogen and oxygen atoms in total. The van der Waals surface area contributed by atoms with Crippen LogP contribution in [0.4, 0.5) is 0 Å². The average Bonchev–Trinajstić information content (AvgIpc) is 2.69. The zero-order valence-corrected chi connectivity index (χ0v) is 8.62. The minimum atomic E-state index is -0.867. The molecule has 0 aliphatic heterocycles. The Balaban J connectivity index is 2.33. The highest BCUT2D eigenvalue weighted by Gasteiger charge is 2.15. The van der Waals surface area contributed by atoms with Gasteiger partial charge in [-0.15, -0.1) is 0 Å². The van der Waals surface area contributed by atoms with E-state index in [-0.39, 0.29) is 0 Å². The second-order valence-electron chi connectivity index (χ2n) is 3.80. The van der Waals surface area contributed by atoms with Gasteiger partial charge in [0.1, 0.15) is 12.7 Å². The molecule has 0 aromatic carbocycles. The van der Waals surface area contributed by atoms with Crippen molar-refractivity contribution >= 4 is 0 Å². The maximum Gasteiger partial charge on any atom is 0.155 e. The van der Waals surface area contributed by atoms with Crippen LogP contribution in [0.1, 0.15) is 19.4 Å². The van der Waals surface area contributed by atoms with Crippen LogP contribution in [0, 0.1) is 0 Å². The van der Waals surface area contributed by atoms with Gasteiger partial charge >= 0.3 is 0 Å². The Morgan fingerprint density at radius 1 is 1.33 bits per heavy atom. The highest BCUT2D eigenvalue weighted by Crippen LogP contribution is 2.18. The van der Waals surface area contributed by atoms with Crippen LogP contribution in [0.2, 0.25) is 0 Å². The SMILES string of the molecule is CC(C)(O)c1ccc(-n2cncn2)nc1. The van der Waals surface area contributed by atoms with Crippen molar-refractivity contribution in [1.82, 2.24) is 19.7 Å². The first-order valence-electron chi connectivity index (χ1n) is 4.61. The number of nitrogens with zero attached hydrogens (tertiary/aromatic N) is 4. The molecule has 78 valence electrons. The monoisotopic (exact) mass is 204 g/mol. The van der Waals surface area contributed by atoms with Gasteiger partial charge in [0.05, 0.1) is 5.60 Å². The standard InChI is InChI=1S/C10H12N4O/c1-10(2,15)8-3-4-9(12-5-8)14-7-11-6-13-14/h3-7,15H,1-2H3. The summed E-state index contributed by atoms with van der Waals surface area (Å²) >= 11 is 0. The van der Waals surface area contributed by atoms with E-state index in [0.717, 1.165) is 5.56 Å². The molecule has 2 aromatic rings. The second-order valence-corrected chi connectivity index (χ2v) is 3.80. The summed E-state index contributed by atoms with van der Waals surface area (Å²) in [7, 11) is 0. The third kappa shape index (κ3) is 2.02. The smallest absolute Gasteiger partial charge is 0.155 e.